The lowest BCUT2D eigenvalue weighted by Crippen LogP contribution is -2.12. The highest BCUT2D eigenvalue weighted by Crippen LogP contribution is 2.66. The molecule has 1 unspecified atom stereocenters. The van der Waals surface area contributed by atoms with Crippen molar-refractivity contribution in [2.24, 2.45) is 0 Å². The van der Waals surface area contributed by atoms with Crippen LogP contribution in [0.15, 0.2) is 12.7 Å². The monoisotopic (exact) mass is 284 g/mol. The molecule has 17 heavy (non-hydrogen) atoms. The van der Waals surface area contributed by atoms with Crippen molar-refractivity contribution in [1.82, 2.24) is 0 Å². The van der Waals surface area contributed by atoms with Crippen molar-refractivity contribution >= 4 is 16.0 Å². The second-order valence-electron chi connectivity index (χ2n) is 3.03. The van der Waals surface area contributed by atoms with Gasteiger partial charge in [-0.2, -0.15) is 0 Å². The number of hydrogen-bond acceptors (Lipinski definition) is 5. The second kappa shape index (κ2) is 9.21. The Balaban J connectivity index is 5.00. The van der Waals surface area contributed by atoms with Crippen LogP contribution in [0.2, 0.25) is 0 Å². The zero-order valence-electron chi connectivity index (χ0n) is 10.9. The molecule has 0 fully saturated rings. The Labute approximate surface area is 105 Å². The van der Waals surface area contributed by atoms with Crippen LogP contribution in [0.25, 0.3) is 0 Å². The summed E-state index contributed by atoms with van der Waals surface area (Å²) in [7, 11) is -1.80. The van der Waals surface area contributed by atoms with Gasteiger partial charge in [0.05, 0.1) is 13.2 Å². The van der Waals surface area contributed by atoms with Crippen LogP contribution < -0.4 is 0 Å². The highest BCUT2D eigenvalue weighted by molar-refractivity contribution is 7.69. The van der Waals surface area contributed by atoms with Crippen molar-refractivity contribution in [3.8, 4) is 0 Å². The van der Waals surface area contributed by atoms with Gasteiger partial charge in [-0.15, -0.1) is 6.58 Å². The molecule has 0 aliphatic rings. The van der Waals surface area contributed by atoms with Gasteiger partial charge in [0, 0.05) is 14.2 Å². The fraction of sp³-hybridized carbons (Fsp3) is 0.800. The van der Waals surface area contributed by atoms with Crippen molar-refractivity contribution in [1.29, 1.82) is 0 Å². The molecule has 7 heteroatoms. The molecule has 0 bridgehead atoms. The predicted octanol–water partition coefficient (Wildman–Crippen LogP) is 3.76. The third-order valence-electron chi connectivity index (χ3n) is 2.01. The molecule has 1 atom stereocenters. The first-order valence-corrected chi connectivity index (χ1v) is 8.32. The molecule has 0 radical (unpaired) electrons. The third kappa shape index (κ3) is 5.17. The van der Waals surface area contributed by atoms with Crippen LogP contribution in [0.5, 0.6) is 0 Å². The largest absolute Gasteiger partial charge is 0.342 e. The maximum Gasteiger partial charge on any atom is 0.342 e. The molecule has 0 saturated carbocycles. The van der Waals surface area contributed by atoms with Crippen LogP contribution in [-0.2, 0) is 22.7 Å². The topological polar surface area (TPSA) is 54.0 Å². The van der Waals surface area contributed by atoms with E-state index in [1.807, 2.05) is 13.8 Å². The molecule has 0 N–H and O–H groups in total. The van der Waals surface area contributed by atoms with Gasteiger partial charge in [0.25, 0.3) is 0 Å². The van der Waals surface area contributed by atoms with Crippen LogP contribution in [0.3, 0.4) is 0 Å². The first-order valence-electron chi connectivity index (χ1n) is 5.46. The van der Waals surface area contributed by atoms with Crippen molar-refractivity contribution < 1.29 is 22.7 Å². The minimum Gasteiger partial charge on any atom is -0.334 e. The summed E-state index contributed by atoms with van der Waals surface area (Å²) in [6, 6.07) is 0. The molecular weight excluding hydrogens is 262 g/mol. The predicted molar refractivity (Wildman–Crippen MR) is 70.4 cm³/mol. The molecule has 0 amide bonds. The van der Waals surface area contributed by atoms with E-state index in [0.29, 0.717) is 19.6 Å². The zero-order chi connectivity index (χ0) is 13.3. The first-order chi connectivity index (χ1) is 8.09. The summed E-state index contributed by atoms with van der Waals surface area (Å²) in [5.74, 6) is 0. The Morgan fingerprint density at radius 1 is 1.24 bits per heavy atom. The van der Waals surface area contributed by atoms with Gasteiger partial charge >= 0.3 is 7.60 Å². The van der Waals surface area contributed by atoms with E-state index < -0.39 is 21.4 Å². The smallest absolute Gasteiger partial charge is 0.334 e. The highest BCUT2D eigenvalue weighted by Gasteiger charge is 2.41. The van der Waals surface area contributed by atoms with Gasteiger partial charge in [-0.3, -0.25) is 4.57 Å². The summed E-state index contributed by atoms with van der Waals surface area (Å²) < 4.78 is 33.4. The van der Waals surface area contributed by atoms with Gasteiger partial charge in [-0.25, -0.2) is 0 Å². The molecule has 0 heterocycles. The minimum absolute atomic E-state index is 0.440. The van der Waals surface area contributed by atoms with E-state index in [4.69, 9.17) is 18.1 Å². The third-order valence-corrected chi connectivity index (χ3v) is 7.10. The van der Waals surface area contributed by atoms with Gasteiger partial charge in [-0.05, 0) is 20.3 Å². The van der Waals surface area contributed by atoms with Gasteiger partial charge in [0.2, 0.25) is 0 Å². The number of hydrogen-bond donors (Lipinski definition) is 0. The Morgan fingerprint density at radius 3 is 2.00 bits per heavy atom. The maximum atomic E-state index is 12.4. The number of allylic oxidation sites excluding steroid dienone is 1. The van der Waals surface area contributed by atoms with E-state index in [1.165, 1.54) is 14.2 Å². The summed E-state index contributed by atoms with van der Waals surface area (Å²) in [6.45, 7) is 8.37. The first kappa shape index (κ1) is 17.2. The second-order valence-corrected chi connectivity index (χ2v) is 7.58. The van der Waals surface area contributed by atoms with Crippen molar-refractivity contribution in [3.63, 3.8) is 0 Å². The molecule has 0 rings (SSSR count). The number of rotatable bonds is 10. The van der Waals surface area contributed by atoms with Gasteiger partial charge < -0.3 is 18.1 Å². The Hall–Kier alpha value is 0.240. The molecule has 0 saturated heterocycles. The van der Waals surface area contributed by atoms with E-state index in [-0.39, 0.29) is 0 Å². The van der Waals surface area contributed by atoms with Gasteiger partial charge in [0.15, 0.2) is 8.38 Å². The lowest BCUT2D eigenvalue weighted by molar-refractivity contribution is 0.248. The van der Waals surface area contributed by atoms with Crippen LogP contribution in [0.1, 0.15) is 20.3 Å². The highest BCUT2D eigenvalue weighted by atomic mass is 31.2. The molecule has 0 aromatic heterocycles. The van der Waals surface area contributed by atoms with Crippen molar-refractivity contribution in [2.45, 2.75) is 25.7 Å². The van der Waals surface area contributed by atoms with E-state index in [9.17, 15) is 4.57 Å². The van der Waals surface area contributed by atoms with E-state index in [2.05, 4.69) is 6.58 Å². The van der Waals surface area contributed by atoms with E-state index >= 15 is 0 Å². The van der Waals surface area contributed by atoms with Crippen molar-refractivity contribution in [3.05, 3.63) is 12.7 Å². The van der Waals surface area contributed by atoms with Crippen LogP contribution in [0.4, 0.5) is 0 Å². The molecule has 0 aliphatic carbocycles. The van der Waals surface area contributed by atoms with Crippen LogP contribution in [-0.4, -0.2) is 32.8 Å². The quantitative estimate of drug-likeness (QED) is 0.451. The van der Waals surface area contributed by atoms with Gasteiger partial charge in [0.1, 0.15) is 5.40 Å². The normalized spacial score (nSPS) is 13.9. The lowest BCUT2D eigenvalue weighted by Gasteiger charge is -2.29. The Bertz CT molecular complexity index is 245. The van der Waals surface area contributed by atoms with E-state index in [0.717, 1.165) is 0 Å². The van der Waals surface area contributed by atoms with Crippen molar-refractivity contribution in [2.75, 3.05) is 27.4 Å². The summed E-state index contributed by atoms with van der Waals surface area (Å²) in [4.78, 5) is 0. The molecule has 102 valence electrons. The molecule has 0 aromatic carbocycles. The molecular formula is C10H22O5P2. The lowest BCUT2D eigenvalue weighted by atomic mass is 10.5. The molecule has 0 aromatic rings. The van der Waals surface area contributed by atoms with Gasteiger partial charge in [-0.1, -0.05) is 6.08 Å². The Morgan fingerprint density at radius 2 is 1.71 bits per heavy atom. The SMILES string of the molecule is C=CCC(P(OCC)OCC)P(=O)(OC)OC. The fourth-order valence-corrected chi connectivity index (χ4v) is 5.44. The minimum atomic E-state index is -3.22. The summed E-state index contributed by atoms with van der Waals surface area (Å²) in [5.41, 5.74) is 0. The fourth-order valence-electron chi connectivity index (χ4n) is 1.26. The summed E-state index contributed by atoms with van der Waals surface area (Å²) >= 11 is 0. The van der Waals surface area contributed by atoms with E-state index in [1.54, 1.807) is 6.08 Å². The zero-order valence-corrected chi connectivity index (χ0v) is 12.7. The molecule has 0 aliphatic heterocycles. The average molecular weight is 284 g/mol. The van der Waals surface area contributed by atoms with Crippen LogP contribution >= 0.6 is 16.0 Å². The standard InChI is InChI=1S/C10H22O5P2/c1-6-9-10(17(11,12-4)13-5)16(14-7-2)15-8-3/h6,10H,1,7-9H2,2-5H3. The van der Waals surface area contributed by atoms with Crippen LogP contribution in [0, 0.1) is 0 Å². The maximum absolute atomic E-state index is 12.4. The Kier molecular flexibility index (Phi) is 9.34. The molecule has 0 spiro atoms. The average Bonchev–Trinajstić information content (AvgIpc) is 2.35. The molecule has 5 nitrogen and oxygen atoms in total. The summed E-state index contributed by atoms with van der Waals surface area (Å²) in [6.07, 6.45) is 2.13. The summed E-state index contributed by atoms with van der Waals surface area (Å²) in [5, 5.41) is -0.440.